The van der Waals surface area contributed by atoms with Crippen molar-refractivity contribution in [2.45, 2.75) is 31.8 Å². The van der Waals surface area contributed by atoms with Crippen molar-refractivity contribution in [1.82, 2.24) is 9.21 Å². The van der Waals surface area contributed by atoms with Gasteiger partial charge in [0.1, 0.15) is 0 Å². The second kappa shape index (κ2) is 7.55. The number of rotatable bonds is 5. The Morgan fingerprint density at radius 3 is 2.17 bits per heavy atom. The first-order valence-corrected chi connectivity index (χ1v) is 11.5. The SMILES string of the molecule is CCS(=O)(=O)N1CC(=O)N2[C@H](CO)[C@@H](c3ccc(-c4ccc(C)cc4)cc3)[C@@H]2C1. The van der Waals surface area contributed by atoms with Crippen LogP contribution in [0.2, 0.25) is 0 Å². The van der Waals surface area contributed by atoms with Crippen molar-refractivity contribution >= 4 is 15.9 Å². The van der Waals surface area contributed by atoms with E-state index in [0.29, 0.717) is 0 Å². The second-order valence-electron chi connectivity index (χ2n) is 7.83. The average Bonchev–Trinajstić information content (AvgIpc) is 2.70. The quantitative estimate of drug-likeness (QED) is 0.812. The van der Waals surface area contributed by atoms with Gasteiger partial charge in [0.2, 0.25) is 15.9 Å². The van der Waals surface area contributed by atoms with E-state index in [1.165, 1.54) is 9.87 Å². The molecule has 2 saturated heterocycles. The van der Waals surface area contributed by atoms with Crippen LogP contribution < -0.4 is 0 Å². The molecule has 0 spiro atoms. The molecule has 7 heteroatoms. The Hall–Kier alpha value is -2.22. The van der Waals surface area contributed by atoms with Crippen LogP contribution in [0.1, 0.15) is 24.0 Å². The number of sulfonamides is 1. The van der Waals surface area contributed by atoms with Gasteiger partial charge in [-0.15, -0.1) is 0 Å². The van der Waals surface area contributed by atoms with E-state index in [-0.39, 0.29) is 49.4 Å². The van der Waals surface area contributed by atoms with Gasteiger partial charge in [-0.05, 0) is 30.5 Å². The third kappa shape index (κ3) is 3.47. The van der Waals surface area contributed by atoms with Gasteiger partial charge < -0.3 is 10.0 Å². The lowest BCUT2D eigenvalue weighted by Crippen LogP contribution is -2.73. The third-order valence-corrected chi connectivity index (χ3v) is 7.95. The molecule has 0 saturated carbocycles. The lowest BCUT2D eigenvalue weighted by molar-refractivity contribution is -0.158. The summed E-state index contributed by atoms with van der Waals surface area (Å²) in [5.41, 5.74) is 4.45. The average molecular weight is 415 g/mol. The molecular weight excluding hydrogens is 388 g/mol. The van der Waals surface area contributed by atoms with Crippen LogP contribution in [0.5, 0.6) is 0 Å². The van der Waals surface area contributed by atoms with Gasteiger partial charge >= 0.3 is 0 Å². The lowest BCUT2D eigenvalue weighted by atomic mass is 9.74. The molecule has 2 heterocycles. The number of aliphatic hydroxyl groups is 1. The van der Waals surface area contributed by atoms with Gasteiger partial charge in [0.25, 0.3) is 0 Å². The van der Waals surface area contributed by atoms with Gasteiger partial charge in [-0.2, -0.15) is 4.31 Å². The molecule has 2 aliphatic heterocycles. The zero-order chi connectivity index (χ0) is 20.8. The van der Waals surface area contributed by atoms with Crippen LogP contribution in [0.3, 0.4) is 0 Å². The third-order valence-electron chi connectivity index (χ3n) is 6.16. The van der Waals surface area contributed by atoms with Gasteiger partial charge in [-0.1, -0.05) is 54.1 Å². The smallest absolute Gasteiger partial charge is 0.238 e. The summed E-state index contributed by atoms with van der Waals surface area (Å²) in [7, 11) is -3.43. The number of nitrogens with zero attached hydrogens (tertiary/aromatic N) is 2. The molecule has 0 aliphatic carbocycles. The first kappa shape index (κ1) is 20.1. The molecule has 2 aliphatic rings. The van der Waals surface area contributed by atoms with Gasteiger partial charge in [0, 0.05) is 12.5 Å². The van der Waals surface area contributed by atoms with Crippen LogP contribution in [0.4, 0.5) is 0 Å². The Balaban J connectivity index is 1.60. The summed E-state index contributed by atoms with van der Waals surface area (Å²) in [5, 5.41) is 9.88. The van der Waals surface area contributed by atoms with E-state index in [4.69, 9.17) is 0 Å². The van der Waals surface area contributed by atoms with Crippen molar-refractivity contribution in [3.05, 3.63) is 59.7 Å². The Morgan fingerprint density at radius 1 is 1.03 bits per heavy atom. The molecule has 0 radical (unpaired) electrons. The number of carbonyl (C=O) groups is 1. The standard InChI is InChI=1S/C22H26N2O4S/c1-3-29(27,28)23-12-19-22(20(14-25)24(19)21(26)13-23)18-10-8-17(9-11-18)16-6-4-15(2)5-7-16/h4-11,19-20,22,25H,3,12-14H2,1-2H3/t19-,20+,22-/m0/s1. The molecule has 2 aromatic rings. The minimum absolute atomic E-state index is 0.0215. The summed E-state index contributed by atoms with van der Waals surface area (Å²) in [6.07, 6.45) is 0. The predicted octanol–water partition coefficient (Wildman–Crippen LogP) is 1.98. The highest BCUT2D eigenvalue weighted by Crippen LogP contribution is 2.43. The summed E-state index contributed by atoms with van der Waals surface area (Å²) in [6, 6.07) is 15.9. The van der Waals surface area contributed by atoms with Gasteiger partial charge in [0.15, 0.2) is 0 Å². The minimum atomic E-state index is -3.43. The fourth-order valence-electron chi connectivity index (χ4n) is 4.51. The van der Waals surface area contributed by atoms with E-state index in [1.807, 2.05) is 24.3 Å². The molecule has 0 unspecified atom stereocenters. The number of hydrogen-bond donors (Lipinski definition) is 1. The second-order valence-corrected chi connectivity index (χ2v) is 10.1. The molecule has 0 aromatic heterocycles. The zero-order valence-electron chi connectivity index (χ0n) is 16.7. The molecule has 2 aromatic carbocycles. The number of hydrogen-bond acceptors (Lipinski definition) is 4. The number of benzene rings is 2. The van der Waals surface area contributed by atoms with Crippen molar-refractivity contribution in [1.29, 1.82) is 0 Å². The van der Waals surface area contributed by atoms with Crippen molar-refractivity contribution < 1.29 is 18.3 Å². The molecule has 0 bridgehead atoms. The molecule has 4 rings (SSSR count). The molecule has 1 N–H and O–H groups in total. The van der Waals surface area contributed by atoms with Gasteiger partial charge in [-0.3, -0.25) is 4.79 Å². The van der Waals surface area contributed by atoms with E-state index in [2.05, 4.69) is 31.2 Å². The molecule has 1 amide bonds. The highest BCUT2D eigenvalue weighted by atomic mass is 32.2. The first-order valence-electron chi connectivity index (χ1n) is 9.92. The maximum Gasteiger partial charge on any atom is 0.238 e. The molecule has 2 fully saturated rings. The summed E-state index contributed by atoms with van der Waals surface area (Å²) in [6.45, 7) is 3.65. The summed E-state index contributed by atoms with van der Waals surface area (Å²) in [4.78, 5) is 14.2. The van der Waals surface area contributed by atoms with Gasteiger partial charge in [0.05, 0.1) is 31.0 Å². The van der Waals surface area contributed by atoms with E-state index in [0.717, 1.165) is 16.7 Å². The highest BCUT2D eigenvalue weighted by molar-refractivity contribution is 7.89. The maximum absolute atomic E-state index is 12.6. The predicted molar refractivity (Wildman–Crippen MR) is 112 cm³/mol. The van der Waals surface area contributed by atoms with E-state index >= 15 is 0 Å². The molecule has 6 nitrogen and oxygen atoms in total. The lowest BCUT2D eigenvalue weighted by Gasteiger charge is -2.58. The normalized spacial score (nSPS) is 24.9. The number of piperazine rings is 1. The number of amides is 1. The maximum atomic E-state index is 12.6. The van der Waals surface area contributed by atoms with Crippen molar-refractivity contribution in [2.75, 3.05) is 25.4 Å². The van der Waals surface area contributed by atoms with Crippen molar-refractivity contribution in [3.8, 4) is 11.1 Å². The van der Waals surface area contributed by atoms with Gasteiger partial charge in [-0.25, -0.2) is 8.42 Å². The summed E-state index contributed by atoms with van der Waals surface area (Å²) >= 11 is 0. The molecule has 3 atom stereocenters. The Labute approximate surface area is 171 Å². The summed E-state index contributed by atoms with van der Waals surface area (Å²) < 4.78 is 25.9. The number of fused-ring (bicyclic) bond motifs is 1. The Kier molecular flexibility index (Phi) is 5.23. The fraction of sp³-hybridized carbons (Fsp3) is 0.409. The zero-order valence-corrected chi connectivity index (χ0v) is 17.5. The first-order chi connectivity index (χ1) is 13.9. The number of aryl methyl sites for hydroxylation is 1. The van der Waals surface area contributed by atoms with Crippen molar-refractivity contribution in [3.63, 3.8) is 0 Å². The highest BCUT2D eigenvalue weighted by Gasteiger charge is 2.55. The van der Waals surface area contributed by atoms with Crippen LogP contribution in [-0.2, 0) is 14.8 Å². The van der Waals surface area contributed by atoms with Crippen LogP contribution in [0.15, 0.2) is 48.5 Å². The van der Waals surface area contributed by atoms with Crippen LogP contribution in [0, 0.1) is 6.92 Å². The molecule has 29 heavy (non-hydrogen) atoms. The summed E-state index contributed by atoms with van der Waals surface area (Å²) in [5.74, 6) is -0.331. The van der Waals surface area contributed by atoms with E-state index < -0.39 is 10.0 Å². The Morgan fingerprint density at radius 2 is 1.62 bits per heavy atom. The topological polar surface area (TPSA) is 77.9 Å². The van der Waals surface area contributed by atoms with Crippen LogP contribution in [-0.4, -0.2) is 66.2 Å². The minimum Gasteiger partial charge on any atom is -0.394 e. The largest absolute Gasteiger partial charge is 0.394 e. The molecule has 154 valence electrons. The monoisotopic (exact) mass is 414 g/mol. The Bertz CT molecular complexity index is 1000. The van der Waals surface area contributed by atoms with E-state index in [9.17, 15) is 18.3 Å². The van der Waals surface area contributed by atoms with E-state index in [1.54, 1.807) is 11.8 Å². The van der Waals surface area contributed by atoms with Crippen molar-refractivity contribution in [2.24, 2.45) is 0 Å². The van der Waals surface area contributed by atoms with Crippen LogP contribution >= 0.6 is 0 Å². The van der Waals surface area contributed by atoms with Crippen LogP contribution in [0.25, 0.3) is 11.1 Å². The number of aliphatic hydroxyl groups excluding tert-OH is 1. The molecular formula is C22H26N2O4S. The fourth-order valence-corrected chi connectivity index (χ4v) is 5.56. The number of carbonyl (C=O) groups excluding carboxylic acids is 1.